The van der Waals surface area contributed by atoms with Gasteiger partial charge in [0, 0.05) is 36.7 Å². The Labute approximate surface area is 172 Å². The fourth-order valence-corrected chi connectivity index (χ4v) is 4.67. The second-order valence-corrected chi connectivity index (χ2v) is 8.41. The molecule has 0 saturated heterocycles. The van der Waals surface area contributed by atoms with Crippen LogP contribution in [0.3, 0.4) is 0 Å². The fraction of sp³-hybridized carbons (Fsp3) is 0.565. The van der Waals surface area contributed by atoms with Gasteiger partial charge in [-0.1, -0.05) is 6.07 Å². The summed E-state index contributed by atoms with van der Waals surface area (Å²) >= 11 is 0. The molecule has 6 nitrogen and oxygen atoms in total. The van der Waals surface area contributed by atoms with E-state index in [0.29, 0.717) is 6.42 Å². The average Bonchev–Trinajstić information content (AvgIpc) is 2.75. The van der Waals surface area contributed by atoms with Gasteiger partial charge in [-0.25, -0.2) is 0 Å². The van der Waals surface area contributed by atoms with Crippen LogP contribution in [0.5, 0.6) is 5.75 Å². The number of amides is 1. The predicted octanol–water partition coefficient (Wildman–Crippen LogP) is 3.18. The summed E-state index contributed by atoms with van der Waals surface area (Å²) in [6, 6.07) is 10.2. The Kier molecular flexibility index (Phi) is 6.31. The van der Waals surface area contributed by atoms with Gasteiger partial charge in [0.2, 0.25) is 5.91 Å². The molecule has 0 spiro atoms. The lowest BCUT2D eigenvalue weighted by atomic mass is 9.83. The van der Waals surface area contributed by atoms with Crippen LogP contribution < -0.4 is 15.8 Å². The number of fused-ring (bicyclic) bond motifs is 1. The minimum atomic E-state index is -0.0502. The molecule has 29 heavy (non-hydrogen) atoms. The van der Waals surface area contributed by atoms with Gasteiger partial charge in [0.15, 0.2) is 0 Å². The van der Waals surface area contributed by atoms with Gasteiger partial charge in [0.25, 0.3) is 0 Å². The number of rotatable bonds is 5. The highest BCUT2D eigenvalue weighted by molar-refractivity contribution is 5.80. The first-order valence-electron chi connectivity index (χ1n) is 10.7. The molecule has 0 aliphatic heterocycles. The Bertz CT molecular complexity index is 835. The van der Waals surface area contributed by atoms with Gasteiger partial charge in [-0.3, -0.25) is 9.78 Å². The van der Waals surface area contributed by atoms with Gasteiger partial charge in [0.1, 0.15) is 5.75 Å². The fourth-order valence-electron chi connectivity index (χ4n) is 4.67. The quantitative estimate of drug-likeness (QED) is 0.809. The third kappa shape index (κ3) is 4.87. The van der Waals surface area contributed by atoms with Crippen LogP contribution in [0.25, 0.3) is 10.9 Å². The molecule has 6 heteroatoms. The van der Waals surface area contributed by atoms with E-state index in [2.05, 4.69) is 16.4 Å². The van der Waals surface area contributed by atoms with Crippen molar-refractivity contribution in [3.63, 3.8) is 0 Å². The van der Waals surface area contributed by atoms with Crippen LogP contribution in [-0.4, -0.2) is 42.3 Å². The third-order valence-corrected chi connectivity index (χ3v) is 6.41. The highest BCUT2D eigenvalue weighted by atomic mass is 16.5. The Morgan fingerprint density at radius 2 is 1.97 bits per heavy atom. The summed E-state index contributed by atoms with van der Waals surface area (Å²) in [6.07, 6.45) is 8.30. The largest absolute Gasteiger partial charge is 0.490 e. The van der Waals surface area contributed by atoms with E-state index in [9.17, 15) is 4.79 Å². The first-order valence-corrected chi connectivity index (χ1v) is 10.7. The number of pyridine rings is 1. The molecule has 2 fully saturated rings. The Morgan fingerprint density at radius 1 is 1.14 bits per heavy atom. The summed E-state index contributed by atoms with van der Waals surface area (Å²) in [5, 5.41) is 4.34. The zero-order valence-electron chi connectivity index (χ0n) is 17.0. The maximum Gasteiger partial charge on any atom is 0.223 e. The highest BCUT2D eigenvalue weighted by Crippen LogP contribution is 2.28. The standard InChI is InChI=1S/C23H31N3O3/c1-28-22-11-4-16(14-20(22)24)23(27)26-17-5-7-18(8-6-17)29-19-9-10-21-15(13-19)3-2-12-25-21/h2-3,9-10,12-13,16-18,20,22H,4-8,11,14,24H2,1H3,(H,26,27)/t16-,17?,18?,20+,22+/m0/s1. The third-order valence-electron chi connectivity index (χ3n) is 6.41. The van der Waals surface area contributed by atoms with E-state index in [4.69, 9.17) is 15.2 Å². The van der Waals surface area contributed by atoms with E-state index in [1.165, 1.54) is 0 Å². The molecular formula is C23H31N3O3. The van der Waals surface area contributed by atoms with Crippen LogP contribution in [0.15, 0.2) is 36.5 Å². The number of benzene rings is 1. The molecule has 0 unspecified atom stereocenters. The molecule has 156 valence electrons. The number of methoxy groups -OCH3 is 1. The van der Waals surface area contributed by atoms with Gasteiger partial charge in [0.05, 0.1) is 17.7 Å². The summed E-state index contributed by atoms with van der Waals surface area (Å²) in [6.45, 7) is 0. The topological polar surface area (TPSA) is 86.5 Å². The maximum atomic E-state index is 12.7. The first kappa shape index (κ1) is 20.1. The van der Waals surface area contributed by atoms with Crippen molar-refractivity contribution >= 4 is 16.8 Å². The molecule has 1 heterocycles. The molecular weight excluding hydrogens is 366 g/mol. The van der Waals surface area contributed by atoms with Gasteiger partial charge in [-0.2, -0.15) is 0 Å². The molecule has 0 bridgehead atoms. The summed E-state index contributed by atoms with van der Waals surface area (Å²) in [5.41, 5.74) is 7.13. The Morgan fingerprint density at radius 3 is 2.72 bits per heavy atom. The van der Waals surface area contributed by atoms with Crippen LogP contribution in [0.1, 0.15) is 44.9 Å². The number of ether oxygens (including phenoxy) is 2. The summed E-state index contributed by atoms with van der Waals surface area (Å²) in [5.74, 6) is 1.06. The molecule has 2 aromatic rings. The van der Waals surface area contributed by atoms with Crippen molar-refractivity contribution in [2.75, 3.05) is 7.11 Å². The molecule has 2 aliphatic carbocycles. The molecule has 1 amide bonds. The molecule has 4 rings (SSSR count). The lowest BCUT2D eigenvalue weighted by Gasteiger charge is -2.34. The minimum Gasteiger partial charge on any atom is -0.490 e. The second-order valence-electron chi connectivity index (χ2n) is 8.41. The van der Waals surface area contributed by atoms with Crippen molar-refractivity contribution in [3.05, 3.63) is 36.5 Å². The molecule has 1 aromatic heterocycles. The van der Waals surface area contributed by atoms with Crippen LogP contribution in [0.2, 0.25) is 0 Å². The molecule has 2 saturated carbocycles. The summed E-state index contributed by atoms with van der Waals surface area (Å²) < 4.78 is 11.6. The SMILES string of the molecule is CO[C@@H]1CC[C@H](C(=O)NC2CCC(Oc3ccc4ncccc4c3)CC2)C[C@H]1N. The van der Waals surface area contributed by atoms with Crippen molar-refractivity contribution in [1.82, 2.24) is 10.3 Å². The molecule has 2 aliphatic rings. The zero-order valence-corrected chi connectivity index (χ0v) is 17.0. The molecule has 0 radical (unpaired) electrons. The summed E-state index contributed by atoms with van der Waals surface area (Å²) in [7, 11) is 1.69. The second kappa shape index (κ2) is 9.09. The number of nitrogens with zero attached hydrogens (tertiary/aromatic N) is 1. The van der Waals surface area contributed by atoms with E-state index in [-0.39, 0.29) is 36.1 Å². The molecule has 3 N–H and O–H groups in total. The van der Waals surface area contributed by atoms with Gasteiger partial charge in [-0.05, 0) is 69.2 Å². The van der Waals surface area contributed by atoms with Gasteiger partial charge < -0.3 is 20.5 Å². The normalized spacial score (nSPS) is 30.1. The van der Waals surface area contributed by atoms with E-state index in [0.717, 1.165) is 55.2 Å². The van der Waals surface area contributed by atoms with Crippen LogP contribution in [0, 0.1) is 5.92 Å². The number of nitrogens with one attached hydrogen (secondary N) is 1. The van der Waals surface area contributed by atoms with Crippen molar-refractivity contribution in [2.45, 2.75) is 69.2 Å². The Balaban J connectivity index is 1.24. The van der Waals surface area contributed by atoms with Crippen LogP contribution in [0.4, 0.5) is 0 Å². The number of carbonyl (C=O) groups is 1. The number of hydrogen-bond donors (Lipinski definition) is 2. The Hall–Kier alpha value is -2.18. The number of carbonyl (C=O) groups excluding carboxylic acids is 1. The molecule has 3 atom stereocenters. The van der Waals surface area contributed by atoms with Gasteiger partial charge >= 0.3 is 0 Å². The van der Waals surface area contributed by atoms with Crippen molar-refractivity contribution in [3.8, 4) is 5.75 Å². The van der Waals surface area contributed by atoms with E-state index in [1.807, 2.05) is 24.3 Å². The van der Waals surface area contributed by atoms with E-state index in [1.54, 1.807) is 13.3 Å². The average molecular weight is 398 g/mol. The summed E-state index contributed by atoms with van der Waals surface area (Å²) in [4.78, 5) is 17.0. The van der Waals surface area contributed by atoms with Crippen molar-refractivity contribution in [2.24, 2.45) is 11.7 Å². The van der Waals surface area contributed by atoms with Crippen LogP contribution in [-0.2, 0) is 9.53 Å². The predicted molar refractivity (Wildman–Crippen MR) is 113 cm³/mol. The lowest BCUT2D eigenvalue weighted by Crippen LogP contribution is -2.48. The first-order chi connectivity index (χ1) is 14.1. The number of aromatic nitrogens is 1. The smallest absolute Gasteiger partial charge is 0.223 e. The zero-order chi connectivity index (χ0) is 20.2. The lowest BCUT2D eigenvalue weighted by molar-refractivity contribution is -0.128. The van der Waals surface area contributed by atoms with E-state index < -0.39 is 0 Å². The maximum absolute atomic E-state index is 12.7. The van der Waals surface area contributed by atoms with Crippen molar-refractivity contribution < 1.29 is 14.3 Å². The van der Waals surface area contributed by atoms with Gasteiger partial charge in [-0.15, -0.1) is 0 Å². The number of hydrogen-bond acceptors (Lipinski definition) is 5. The van der Waals surface area contributed by atoms with Crippen molar-refractivity contribution in [1.29, 1.82) is 0 Å². The van der Waals surface area contributed by atoms with E-state index >= 15 is 0 Å². The minimum absolute atomic E-state index is 0.0107. The monoisotopic (exact) mass is 397 g/mol. The molecule has 1 aromatic carbocycles. The number of nitrogens with two attached hydrogens (primary N) is 1. The highest BCUT2D eigenvalue weighted by Gasteiger charge is 2.33. The van der Waals surface area contributed by atoms with Crippen LogP contribution >= 0.6 is 0 Å².